The molecule has 2 aromatic heterocycles. The lowest BCUT2D eigenvalue weighted by Crippen LogP contribution is -2.37. The second-order valence-electron chi connectivity index (χ2n) is 7.09. The van der Waals surface area contributed by atoms with Gasteiger partial charge in [-0.15, -0.1) is 24.0 Å². The molecule has 0 fully saturated rings. The summed E-state index contributed by atoms with van der Waals surface area (Å²) in [5, 5.41) is 12.5. The van der Waals surface area contributed by atoms with Gasteiger partial charge in [-0.05, 0) is 42.7 Å². The number of aliphatic imine (C=N–C) groups is 1. The average Bonchev–Trinajstić information content (AvgIpc) is 3.38. The summed E-state index contributed by atoms with van der Waals surface area (Å²) >= 11 is 0. The number of halogens is 1. The maximum Gasteiger partial charge on any atom is 0.191 e. The number of rotatable bonds is 6. The Morgan fingerprint density at radius 2 is 1.97 bits per heavy atom. The molecule has 0 radical (unpaired) electrons. The van der Waals surface area contributed by atoms with Gasteiger partial charge in [0, 0.05) is 49.0 Å². The summed E-state index contributed by atoms with van der Waals surface area (Å²) in [6.07, 6.45) is 6.93. The molecule has 6 nitrogen and oxygen atoms in total. The maximum absolute atomic E-state index is 4.43. The molecule has 0 unspecified atom stereocenters. The van der Waals surface area contributed by atoms with E-state index in [-0.39, 0.29) is 24.0 Å². The summed E-state index contributed by atoms with van der Waals surface area (Å²) in [7, 11) is 1.79. The van der Waals surface area contributed by atoms with E-state index in [2.05, 4.69) is 57.0 Å². The summed E-state index contributed by atoms with van der Waals surface area (Å²) in [5.74, 6) is 0.785. The van der Waals surface area contributed by atoms with Crippen molar-refractivity contribution in [2.75, 3.05) is 13.6 Å². The third kappa shape index (κ3) is 5.21. The fourth-order valence-electron chi connectivity index (χ4n) is 3.40. The van der Waals surface area contributed by atoms with Crippen molar-refractivity contribution in [1.82, 2.24) is 25.4 Å². The summed E-state index contributed by atoms with van der Waals surface area (Å²) in [6, 6.07) is 16.6. The second-order valence-corrected chi connectivity index (χ2v) is 7.09. The molecule has 0 aliphatic heterocycles. The largest absolute Gasteiger partial charge is 0.361 e. The molecular formula is C23H27IN6. The van der Waals surface area contributed by atoms with Crippen molar-refractivity contribution in [2.45, 2.75) is 19.9 Å². The van der Waals surface area contributed by atoms with Crippen LogP contribution in [0.1, 0.15) is 16.7 Å². The fraction of sp³-hybridized carbons (Fsp3) is 0.217. The van der Waals surface area contributed by atoms with Crippen molar-refractivity contribution in [3.05, 3.63) is 83.8 Å². The molecule has 156 valence electrons. The number of aryl methyl sites for hydroxylation is 1. The van der Waals surface area contributed by atoms with Gasteiger partial charge in [0.25, 0.3) is 0 Å². The minimum atomic E-state index is 0. The SMILES string of the molecule is CN=C(NCCc1c[nH]c2cc(C)ccc12)NCc1cnn(-c2ccccc2)c1.I. The first kappa shape index (κ1) is 21.9. The average molecular weight is 514 g/mol. The molecule has 2 aromatic carbocycles. The molecule has 7 heteroatoms. The van der Waals surface area contributed by atoms with Gasteiger partial charge in [0.05, 0.1) is 11.9 Å². The normalized spacial score (nSPS) is 11.3. The Balaban J connectivity index is 0.00000256. The number of hydrogen-bond donors (Lipinski definition) is 3. The van der Waals surface area contributed by atoms with Crippen molar-refractivity contribution in [1.29, 1.82) is 0 Å². The first-order valence-corrected chi connectivity index (χ1v) is 9.83. The van der Waals surface area contributed by atoms with E-state index in [1.807, 2.05) is 47.4 Å². The van der Waals surface area contributed by atoms with E-state index in [9.17, 15) is 0 Å². The second kappa shape index (κ2) is 10.3. The van der Waals surface area contributed by atoms with Crippen molar-refractivity contribution in [2.24, 2.45) is 4.99 Å². The van der Waals surface area contributed by atoms with E-state index in [1.165, 1.54) is 22.0 Å². The van der Waals surface area contributed by atoms with Crippen LogP contribution in [0.2, 0.25) is 0 Å². The van der Waals surface area contributed by atoms with E-state index in [0.29, 0.717) is 6.54 Å². The number of para-hydroxylation sites is 1. The number of hydrogen-bond acceptors (Lipinski definition) is 2. The Bertz CT molecular complexity index is 1110. The number of aromatic nitrogens is 3. The first-order valence-electron chi connectivity index (χ1n) is 9.83. The van der Waals surface area contributed by atoms with Gasteiger partial charge >= 0.3 is 0 Å². The zero-order valence-corrected chi connectivity index (χ0v) is 19.6. The van der Waals surface area contributed by atoms with Crippen LogP contribution in [-0.4, -0.2) is 34.3 Å². The van der Waals surface area contributed by atoms with Gasteiger partial charge < -0.3 is 15.6 Å². The lowest BCUT2D eigenvalue weighted by molar-refractivity contribution is 0.796. The Hall–Kier alpha value is -2.81. The van der Waals surface area contributed by atoms with E-state index in [4.69, 9.17) is 0 Å². The molecule has 0 saturated heterocycles. The molecule has 3 N–H and O–H groups in total. The molecule has 2 heterocycles. The monoisotopic (exact) mass is 514 g/mol. The predicted molar refractivity (Wildman–Crippen MR) is 134 cm³/mol. The number of benzene rings is 2. The third-order valence-electron chi connectivity index (χ3n) is 4.95. The number of guanidine groups is 1. The van der Waals surface area contributed by atoms with E-state index in [1.54, 1.807) is 7.05 Å². The minimum absolute atomic E-state index is 0. The molecule has 0 aliphatic carbocycles. The van der Waals surface area contributed by atoms with Crippen molar-refractivity contribution in [3.8, 4) is 5.69 Å². The zero-order chi connectivity index (χ0) is 20.1. The number of fused-ring (bicyclic) bond motifs is 1. The minimum Gasteiger partial charge on any atom is -0.361 e. The molecule has 30 heavy (non-hydrogen) atoms. The van der Waals surface area contributed by atoms with Crippen LogP contribution in [0, 0.1) is 6.92 Å². The molecule has 4 rings (SSSR count). The molecule has 0 spiro atoms. The van der Waals surface area contributed by atoms with Crippen LogP contribution in [0.15, 0.2) is 72.1 Å². The Labute approximate surface area is 193 Å². The van der Waals surface area contributed by atoms with Crippen molar-refractivity contribution < 1.29 is 0 Å². The standard InChI is InChI=1S/C23H26N6.HI/c1-17-8-9-21-19(15-26-22(21)12-17)10-11-25-23(24-2)27-13-18-14-28-29(16-18)20-6-4-3-5-7-20;/h3-9,12,14-16,26H,10-11,13H2,1-2H3,(H2,24,25,27);1H. The Morgan fingerprint density at radius 3 is 2.77 bits per heavy atom. The lowest BCUT2D eigenvalue weighted by Gasteiger charge is -2.11. The Morgan fingerprint density at radius 1 is 1.13 bits per heavy atom. The topological polar surface area (TPSA) is 70.0 Å². The number of H-pyrrole nitrogens is 1. The highest BCUT2D eigenvalue weighted by Gasteiger charge is 2.05. The molecule has 4 aromatic rings. The van der Waals surface area contributed by atoms with Crippen LogP contribution < -0.4 is 10.6 Å². The van der Waals surface area contributed by atoms with E-state index >= 15 is 0 Å². The van der Waals surface area contributed by atoms with Gasteiger partial charge in [-0.2, -0.15) is 5.10 Å². The predicted octanol–water partition coefficient (Wildman–Crippen LogP) is 4.19. The highest BCUT2D eigenvalue weighted by Crippen LogP contribution is 2.19. The summed E-state index contributed by atoms with van der Waals surface area (Å²) < 4.78 is 1.88. The quantitative estimate of drug-likeness (QED) is 0.205. The molecule has 0 bridgehead atoms. The molecular weight excluding hydrogens is 487 g/mol. The number of nitrogens with zero attached hydrogens (tertiary/aromatic N) is 3. The molecule has 0 atom stereocenters. The van der Waals surface area contributed by atoms with Crippen LogP contribution >= 0.6 is 24.0 Å². The molecule has 0 aliphatic rings. The van der Waals surface area contributed by atoms with Gasteiger partial charge in [0.2, 0.25) is 0 Å². The van der Waals surface area contributed by atoms with Gasteiger partial charge in [-0.3, -0.25) is 4.99 Å². The summed E-state index contributed by atoms with van der Waals surface area (Å²) in [5.41, 5.74) is 5.92. The molecule has 0 saturated carbocycles. The van der Waals surface area contributed by atoms with Gasteiger partial charge in [0.15, 0.2) is 5.96 Å². The maximum atomic E-state index is 4.43. The lowest BCUT2D eigenvalue weighted by atomic mass is 10.1. The van der Waals surface area contributed by atoms with E-state index in [0.717, 1.165) is 30.2 Å². The Kier molecular flexibility index (Phi) is 7.51. The van der Waals surface area contributed by atoms with Crippen molar-refractivity contribution in [3.63, 3.8) is 0 Å². The van der Waals surface area contributed by atoms with Crippen molar-refractivity contribution >= 4 is 40.8 Å². The highest BCUT2D eigenvalue weighted by atomic mass is 127. The summed E-state index contributed by atoms with van der Waals surface area (Å²) in [6.45, 7) is 3.59. The van der Waals surface area contributed by atoms with Gasteiger partial charge in [-0.25, -0.2) is 4.68 Å². The molecule has 0 amide bonds. The highest BCUT2D eigenvalue weighted by molar-refractivity contribution is 14.0. The zero-order valence-electron chi connectivity index (χ0n) is 17.2. The van der Waals surface area contributed by atoms with Crippen LogP contribution in [0.25, 0.3) is 16.6 Å². The summed E-state index contributed by atoms with van der Waals surface area (Å²) in [4.78, 5) is 7.68. The number of nitrogens with one attached hydrogen (secondary N) is 3. The van der Waals surface area contributed by atoms with Gasteiger partial charge in [0.1, 0.15) is 0 Å². The van der Waals surface area contributed by atoms with Crippen LogP contribution in [0.4, 0.5) is 0 Å². The number of aromatic amines is 1. The van der Waals surface area contributed by atoms with Crippen LogP contribution in [-0.2, 0) is 13.0 Å². The van der Waals surface area contributed by atoms with Crippen LogP contribution in [0.5, 0.6) is 0 Å². The smallest absolute Gasteiger partial charge is 0.191 e. The third-order valence-corrected chi connectivity index (χ3v) is 4.95. The fourth-order valence-corrected chi connectivity index (χ4v) is 3.40. The van der Waals surface area contributed by atoms with Crippen LogP contribution in [0.3, 0.4) is 0 Å². The first-order chi connectivity index (χ1) is 14.2. The van der Waals surface area contributed by atoms with Gasteiger partial charge in [-0.1, -0.05) is 30.3 Å². The van der Waals surface area contributed by atoms with E-state index < -0.39 is 0 Å².